The summed E-state index contributed by atoms with van der Waals surface area (Å²) in [5, 5.41) is 5.56. The Morgan fingerprint density at radius 2 is 1.55 bits per heavy atom. The number of hydrogen-bond acceptors (Lipinski definition) is 1. The lowest BCUT2D eigenvalue weighted by Gasteiger charge is -2.27. The first kappa shape index (κ1) is 21.1. The third-order valence-electron chi connectivity index (χ3n) is 5.72. The van der Waals surface area contributed by atoms with Crippen LogP contribution < -0.4 is 5.32 Å². The summed E-state index contributed by atoms with van der Waals surface area (Å²) in [5.74, 6) is 0. The van der Waals surface area contributed by atoms with Crippen molar-refractivity contribution in [3.63, 3.8) is 0 Å². The summed E-state index contributed by atoms with van der Waals surface area (Å²) in [5.41, 5.74) is 6.17. The van der Waals surface area contributed by atoms with E-state index in [0.717, 1.165) is 36.9 Å². The molecule has 0 amide bonds. The molecular formula is C27H29N3S. The van der Waals surface area contributed by atoms with Crippen molar-refractivity contribution in [1.29, 1.82) is 0 Å². The summed E-state index contributed by atoms with van der Waals surface area (Å²) in [6, 6.07) is 27.5. The van der Waals surface area contributed by atoms with Crippen molar-refractivity contribution in [2.24, 2.45) is 0 Å². The molecule has 0 saturated carbocycles. The fraction of sp³-hybridized carbons (Fsp3) is 0.222. The van der Waals surface area contributed by atoms with Gasteiger partial charge in [-0.3, -0.25) is 0 Å². The highest BCUT2D eigenvalue weighted by Gasteiger charge is 2.16. The second kappa shape index (κ2) is 9.80. The molecule has 0 aliphatic heterocycles. The number of hydrogen-bond donors (Lipinski definition) is 1. The lowest BCUT2D eigenvalue weighted by Crippen LogP contribution is -2.34. The number of benzene rings is 3. The van der Waals surface area contributed by atoms with Gasteiger partial charge in [0, 0.05) is 42.4 Å². The molecule has 1 heterocycles. The standard InChI is InChI=1S/C27H29N3S/c1-3-22-14-8-10-16-25(22)28-27(31)30(18-21-12-6-5-7-13-21)20-23-19-29(4-2)26-17-11-9-15-24(23)26/h5-17,19H,3-4,18,20H2,1-2H3,(H,28,31). The number of rotatable bonds is 7. The lowest BCUT2D eigenvalue weighted by molar-refractivity contribution is 0.414. The van der Waals surface area contributed by atoms with Gasteiger partial charge in [-0.2, -0.15) is 0 Å². The minimum atomic E-state index is 0.748. The van der Waals surface area contributed by atoms with E-state index in [2.05, 4.69) is 114 Å². The topological polar surface area (TPSA) is 20.2 Å². The van der Waals surface area contributed by atoms with Crippen molar-refractivity contribution in [1.82, 2.24) is 9.47 Å². The number of fused-ring (bicyclic) bond motifs is 1. The summed E-state index contributed by atoms with van der Waals surface area (Å²) >= 11 is 5.93. The highest BCUT2D eigenvalue weighted by molar-refractivity contribution is 7.80. The molecule has 1 N–H and O–H groups in total. The number of anilines is 1. The Morgan fingerprint density at radius 1 is 0.839 bits per heavy atom. The average Bonchev–Trinajstić information content (AvgIpc) is 3.17. The van der Waals surface area contributed by atoms with E-state index in [1.807, 2.05) is 0 Å². The minimum Gasteiger partial charge on any atom is -0.347 e. The van der Waals surface area contributed by atoms with Gasteiger partial charge in [0.05, 0.1) is 0 Å². The van der Waals surface area contributed by atoms with Crippen molar-refractivity contribution in [3.8, 4) is 0 Å². The van der Waals surface area contributed by atoms with Gasteiger partial charge in [0.2, 0.25) is 0 Å². The Kier molecular flexibility index (Phi) is 6.68. The number of aromatic nitrogens is 1. The van der Waals surface area contributed by atoms with Crippen LogP contribution in [0.15, 0.2) is 85.1 Å². The predicted octanol–water partition coefficient (Wildman–Crippen LogP) is 6.62. The average molecular weight is 428 g/mol. The molecule has 3 aromatic carbocycles. The molecule has 4 aromatic rings. The SMILES string of the molecule is CCc1ccccc1NC(=S)N(Cc1ccccc1)Cc1cn(CC)c2ccccc12. The van der Waals surface area contributed by atoms with Crippen LogP contribution in [0, 0.1) is 0 Å². The van der Waals surface area contributed by atoms with Gasteiger partial charge in [-0.25, -0.2) is 0 Å². The summed E-state index contributed by atoms with van der Waals surface area (Å²) in [4.78, 5) is 2.26. The summed E-state index contributed by atoms with van der Waals surface area (Å²) in [6.45, 7) is 6.82. The highest BCUT2D eigenvalue weighted by Crippen LogP contribution is 2.24. The molecular weight excluding hydrogens is 398 g/mol. The van der Waals surface area contributed by atoms with Gasteiger partial charge in [0.1, 0.15) is 0 Å². The zero-order valence-electron chi connectivity index (χ0n) is 18.2. The molecule has 0 radical (unpaired) electrons. The smallest absolute Gasteiger partial charge is 0.174 e. The summed E-state index contributed by atoms with van der Waals surface area (Å²) in [6.07, 6.45) is 3.24. The molecule has 158 valence electrons. The summed E-state index contributed by atoms with van der Waals surface area (Å²) < 4.78 is 2.31. The van der Waals surface area contributed by atoms with Gasteiger partial charge < -0.3 is 14.8 Å². The van der Waals surface area contributed by atoms with E-state index >= 15 is 0 Å². The van der Waals surface area contributed by atoms with Gasteiger partial charge in [0.25, 0.3) is 0 Å². The Hall–Kier alpha value is -3.11. The van der Waals surface area contributed by atoms with Crippen LogP contribution in [0.4, 0.5) is 5.69 Å². The van der Waals surface area contributed by atoms with Crippen LogP contribution >= 0.6 is 12.2 Å². The normalized spacial score (nSPS) is 10.9. The van der Waals surface area contributed by atoms with Crippen molar-refractivity contribution >= 4 is 33.9 Å². The Balaban J connectivity index is 1.65. The third kappa shape index (κ3) is 4.80. The molecule has 0 aliphatic carbocycles. The summed E-state index contributed by atoms with van der Waals surface area (Å²) in [7, 11) is 0. The molecule has 4 rings (SSSR count). The molecule has 0 fully saturated rings. The fourth-order valence-corrected chi connectivity index (χ4v) is 4.30. The quantitative estimate of drug-likeness (QED) is 0.335. The third-order valence-corrected chi connectivity index (χ3v) is 6.08. The van der Waals surface area contributed by atoms with Gasteiger partial charge in [0.15, 0.2) is 5.11 Å². The largest absolute Gasteiger partial charge is 0.347 e. The van der Waals surface area contributed by atoms with Crippen molar-refractivity contribution in [2.75, 3.05) is 5.32 Å². The number of thiocarbonyl (C=S) groups is 1. The number of nitrogens with one attached hydrogen (secondary N) is 1. The zero-order chi connectivity index (χ0) is 21.6. The Bertz CT molecular complexity index is 1160. The minimum absolute atomic E-state index is 0.748. The molecule has 0 bridgehead atoms. The predicted molar refractivity (Wildman–Crippen MR) is 135 cm³/mol. The maximum absolute atomic E-state index is 5.93. The fourth-order valence-electron chi connectivity index (χ4n) is 4.06. The van der Waals surface area contributed by atoms with E-state index in [1.54, 1.807) is 0 Å². The maximum Gasteiger partial charge on any atom is 0.174 e. The van der Waals surface area contributed by atoms with Gasteiger partial charge in [-0.05, 0) is 54.4 Å². The van der Waals surface area contributed by atoms with E-state index in [4.69, 9.17) is 12.2 Å². The van der Waals surface area contributed by atoms with Crippen LogP contribution in [-0.2, 0) is 26.1 Å². The van der Waals surface area contributed by atoms with Gasteiger partial charge in [-0.15, -0.1) is 0 Å². The number of para-hydroxylation sites is 2. The Labute approximate surface area is 190 Å². The Morgan fingerprint density at radius 3 is 2.32 bits per heavy atom. The van der Waals surface area contributed by atoms with E-state index < -0.39 is 0 Å². The van der Waals surface area contributed by atoms with Crippen LogP contribution in [0.1, 0.15) is 30.5 Å². The monoisotopic (exact) mass is 427 g/mol. The van der Waals surface area contributed by atoms with Crippen molar-refractivity contribution in [3.05, 3.63) is 102 Å². The highest BCUT2D eigenvalue weighted by atomic mass is 32.1. The maximum atomic E-state index is 5.93. The number of aryl methyl sites for hydroxylation is 2. The van der Waals surface area contributed by atoms with E-state index in [1.165, 1.54) is 27.6 Å². The molecule has 0 spiro atoms. The van der Waals surface area contributed by atoms with Crippen molar-refractivity contribution in [2.45, 2.75) is 39.9 Å². The first-order valence-corrected chi connectivity index (χ1v) is 11.3. The molecule has 0 unspecified atom stereocenters. The number of nitrogens with zero attached hydrogens (tertiary/aromatic N) is 2. The molecule has 4 heteroatoms. The molecule has 0 atom stereocenters. The molecule has 3 nitrogen and oxygen atoms in total. The zero-order valence-corrected chi connectivity index (χ0v) is 19.0. The van der Waals surface area contributed by atoms with Crippen LogP contribution in [0.2, 0.25) is 0 Å². The van der Waals surface area contributed by atoms with Gasteiger partial charge >= 0.3 is 0 Å². The first-order valence-electron chi connectivity index (χ1n) is 10.9. The molecule has 31 heavy (non-hydrogen) atoms. The molecule has 1 aromatic heterocycles. The molecule has 0 aliphatic rings. The second-order valence-electron chi connectivity index (χ2n) is 7.74. The van der Waals surface area contributed by atoms with E-state index in [0.29, 0.717) is 0 Å². The first-order chi connectivity index (χ1) is 15.2. The second-order valence-corrected chi connectivity index (χ2v) is 8.13. The molecule has 0 saturated heterocycles. The lowest BCUT2D eigenvalue weighted by atomic mass is 10.1. The van der Waals surface area contributed by atoms with Crippen LogP contribution in [0.5, 0.6) is 0 Å². The van der Waals surface area contributed by atoms with Gasteiger partial charge in [-0.1, -0.05) is 73.7 Å². The van der Waals surface area contributed by atoms with E-state index in [-0.39, 0.29) is 0 Å². The van der Waals surface area contributed by atoms with Crippen LogP contribution in [0.3, 0.4) is 0 Å². The van der Waals surface area contributed by atoms with Crippen molar-refractivity contribution < 1.29 is 0 Å². The van der Waals surface area contributed by atoms with Crippen LogP contribution in [0.25, 0.3) is 10.9 Å². The van der Waals surface area contributed by atoms with E-state index in [9.17, 15) is 0 Å². The van der Waals surface area contributed by atoms with Crippen LogP contribution in [-0.4, -0.2) is 14.6 Å².